The SMILES string of the molecule is O=C(CC1(O)CCCCC1)N1CCC(CN2CCCCC2=O)CC1. The van der Waals surface area contributed by atoms with Gasteiger partial charge in [-0.1, -0.05) is 19.3 Å². The van der Waals surface area contributed by atoms with Crippen molar-refractivity contribution in [2.24, 2.45) is 5.92 Å². The molecule has 24 heavy (non-hydrogen) atoms. The highest BCUT2D eigenvalue weighted by Crippen LogP contribution is 2.32. The fourth-order valence-electron chi connectivity index (χ4n) is 4.51. The van der Waals surface area contributed by atoms with Crippen molar-refractivity contribution >= 4 is 11.8 Å². The predicted molar refractivity (Wildman–Crippen MR) is 92.4 cm³/mol. The Labute approximate surface area is 145 Å². The van der Waals surface area contributed by atoms with Crippen LogP contribution in [0.15, 0.2) is 0 Å². The molecule has 0 aromatic carbocycles. The Morgan fingerprint density at radius 2 is 1.75 bits per heavy atom. The van der Waals surface area contributed by atoms with Crippen LogP contribution in [0.1, 0.15) is 70.6 Å². The summed E-state index contributed by atoms with van der Waals surface area (Å²) in [6.45, 7) is 3.33. The van der Waals surface area contributed by atoms with E-state index in [0.717, 1.165) is 77.5 Å². The molecule has 0 unspecified atom stereocenters. The summed E-state index contributed by atoms with van der Waals surface area (Å²) in [6.07, 6.45) is 9.91. The van der Waals surface area contributed by atoms with Gasteiger partial charge in [0.2, 0.25) is 11.8 Å². The minimum Gasteiger partial charge on any atom is -0.389 e. The quantitative estimate of drug-likeness (QED) is 0.857. The molecule has 136 valence electrons. The molecule has 0 aromatic rings. The van der Waals surface area contributed by atoms with Gasteiger partial charge in [0.05, 0.1) is 12.0 Å². The molecule has 2 saturated heterocycles. The Hall–Kier alpha value is -1.10. The number of hydrogen-bond donors (Lipinski definition) is 1. The highest BCUT2D eigenvalue weighted by Gasteiger charge is 2.34. The zero-order valence-corrected chi connectivity index (χ0v) is 14.8. The first kappa shape index (κ1) is 17.7. The van der Waals surface area contributed by atoms with Gasteiger partial charge in [0.15, 0.2) is 0 Å². The van der Waals surface area contributed by atoms with Crippen molar-refractivity contribution in [3.63, 3.8) is 0 Å². The lowest BCUT2D eigenvalue weighted by Crippen LogP contribution is -2.46. The molecule has 3 rings (SSSR count). The normalized spacial score (nSPS) is 25.8. The van der Waals surface area contributed by atoms with Crippen molar-refractivity contribution < 1.29 is 14.7 Å². The lowest BCUT2D eigenvalue weighted by atomic mass is 9.82. The molecule has 2 amide bonds. The standard InChI is InChI=1S/C19H32N2O3/c22-17-6-2-5-11-21(17)15-16-7-12-20(13-8-16)18(23)14-19(24)9-3-1-4-10-19/h16,24H,1-15H2. The number of likely N-dealkylation sites (tertiary alicyclic amines) is 2. The van der Waals surface area contributed by atoms with E-state index in [0.29, 0.717) is 24.7 Å². The molecule has 5 heteroatoms. The van der Waals surface area contributed by atoms with Crippen LogP contribution in [-0.2, 0) is 9.59 Å². The second kappa shape index (κ2) is 7.85. The van der Waals surface area contributed by atoms with Gasteiger partial charge in [-0.25, -0.2) is 0 Å². The third-order valence-electron chi connectivity index (χ3n) is 6.13. The second-order valence-electron chi connectivity index (χ2n) is 8.08. The molecule has 0 spiro atoms. The molecule has 1 N–H and O–H groups in total. The van der Waals surface area contributed by atoms with E-state index in [9.17, 15) is 14.7 Å². The molecule has 2 aliphatic heterocycles. The summed E-state index contributed by atoms with van der Waals surface area (Å²) in [5.41, 5.74) is -0.758. The number of rotatable bonds is 4. The van der Waals surface area contributed by atoms with Crippen LogP contribution < -0.4 is 0 Å². The first-order chi connectivity index (χ1) is 11.6. The summed E-state index contributed by atoms with van der Waals surface area (Å²) in [5, 5.41) is 10.6. The highest BCUT2D eigenvalue weighted by atomic mass is 16.3. The van der Waals surface area contributed by atoms with Gasteiger partial charge in [-0.15, -0.1) is 0 Å². The molecule has 1 aliphatic carbocycles. The zero-order chi connectivity index (χ0) is 17.0. The van der Waals surface area contributed by atoms with Gasteiger partial charge >= 0.3 is 0 Å². The molecule has 3 fully saturated rings. The minimum atomic E-state index is -0.758. The molecule has 0 bridgehead atoms. The van der Waals surface area contributed by atoms with Crippen molar-refractivity contribution in [1.82, 2.24) is 9.80 Å². The maximum atomic E-state index is 12.5. The number of aliphatic hydroxyl groups is 1. The van der Waals surface area contributed by atoms with Crippen LogP contribution in [0.2, 0.25) is 0 Å². The minimum absolute atomic E-state index is 0.117. The largest absolute Gasteiger partial charge is 0.389 e. The summed E-state index contributed by atoms with van der Waals surface area (Å²) in [6, 6.07) is 0. The lowest BCUT2D eigenvalue weighted by molar-refractivity contribution is -0.140. The van der Waals surface area contributed by atoms with Gasteiger partial charge in [-0.05, 0) is 44.4 Å². The molecule has 5 nitrogen and oxygen atoms in total. The average molecular weight is 336 g/mol. The van der Waals surface area contributed by atoms with Crippen LogP contribution in [0.25, 0.3) is 0 Å². The van der Waals surface area contributed by atoms with E-state index in [2.05, 4.69) is 0 Å². The smallest absolute Gasteiger partial charge is 0.225 e. The summed E-state index contributed by atoms with van der Waals surface area (Å²) in [5.74, 6) is 0.944. The molecule has 0 radical (unpaired) electrons. The van der Waals surface area contributed by atoms with E-state index in [1.807, 2.05) is 9.80 Å². The number of nitrogens with zero attached hydrogens (tertiary/aromatic N) is 2. The predicted octanol–water partition coefficient (Wildman–Crippen LogP) is 2.32. The Morgan fingerprint density at radius 3 is 2.42 bits per heavy atom. The van der Waals surface area contributed by atoms with Gasteiger partial charge in [-0.2, -0.15) is 0 Å². The van der Waals surface area contributed by atoms with E-state index in [1.165, 1.54) is 6.42 Å². The molecular weight excluding hydrogens is 304 g/mol. The maximum Gasteiger partial charge on any atom is 0.225 e. The van der Waals surface area contributed by atoms with Crippen LogP contribution >= 0.6 is 0 Å². The summed E-state index contributed by atoms with van der Waals surface area (Å²) >= 11 is 0. The van der Waals surface area contributed by atoms with Crippen molar-refractivity contribution in [1.29, 1.82) is 0 Å². The Morgan fingerprint density at radius 1 is 1.04 bits per heavy atom. The number of carbonyl (C=O) groups excluding carboxylic acids is 2. The summed E-state index contributed by atoms with van der Waals surface area (Å²) in [7, 11) is 0. The van der Waals surface area contributed by atoms with E-state index < -0.39 is 5.60 Å². The lowest BCUT2D eigenvalue weighted by Gasteiger charge is -2.38. The fourth-order valence-corrected chi connectivity index (χ4v) is 4.51. The highest BCUT2D eigenvalue weighted by molar-refractivity contribution is 5.77. The van der Waals surface area contributed by atoms with Gasteiger partial charge in [0.25, 0.3) is 0 Å². The zero-order valence-electron chi connectivity index (χ0n) is 14.8. The van der Waals surface area contributed by atoms with Crippen LogP contribution in [0, 0.1) is 5.92 Å². The van der Waals surface area contributed by atoms with Crippen LogP contribution in [0.3, 0.4) is 0 Å². The molecule has 3 aliphatic rings. The Kier molecular flexibility index (Phi) is 5.80. The van der Waals surface area contributed by atoms with Gasteiger partial charge in [0.1, 0.15) is 0 Å². The van der Waals surface area contributed by atoms with Gasteiger partial charge < -0.3 is 14.9 Å². The number of piperidine rings is 2. The monoisotopic (exact) mass is 336 g/mol. The topological polar surface area (TPSA) is 60.9 Å². The Bertz CT molecular complexity index is 452. The summed E-state index contributed by atoms with van der Waals surface area (Å²) < 4.78 is 0. The van der Waals surface area contributed by atoms with Crippen LogP contribution in [0.5, 0.6) is 0 Å². The van der Waals surface area contributed by atoms with Crippen molar-refractivity contribution in [2.45, 2.75) is 76.2 Å². The maximum absolute atomic E-state index is 12.5. The Balaban J connectivity index is 1.42. The molecular formula is C19H32N2O3. The van der Waals surface area contributed by atoms with Crippen molar-refractivity contribution in [3.05, 3.63) is 0 Å². The number of carbonyl (C=O) groups is 2. The third-order valence-corrected chi connectivity index (χ3v) is 6.13. The third kappa shape index (κ3) is 4.50. The molecule has 2 heterocycles. The van der Waals surface area contributed by atoms with E-state index >= 15 is 0 Å². The summed E-state index contributed by atoms with van der Waals surface area (Å²) in [4.78, 5) is 28.4. The fraction of sp³-hybridized carbons (Fsp3) is 0.895. The molecule has 0 aromatic heterocycles. The van der Waals surface area contributed by atoms with Gasteiger partial charge in [-0.3, -0.25) is 9.59 Å². The first-order valence-electron chi connectivity index (χ1n) is 9.84. The first-order valence-corrected chi connectivity index (χ1v) is 9.84. The van der Waals surface area contributed by atoms with Gasteiger partial charge in [0, 0.05) is 32.6 Å². The van der Waals surface area contributed by atoms with Crippen LogP contribution in [-0.4, -0.2) is 58.5 Å². The second-order valence-corrected chi connectivity index (χ2v) is 8.08. The van der Waals surface area contributed by atoms with Crippen molar-refractivity contribution in [2.75, 3.05) is 26.2 Å². The van der Waals surface area contributed by atoms with Crippen molar-refractivity contribution in [3.8, 4) is 0 Å². The molecule has 0 atom stereocenters. The van der Waals surface area contributed by atoms with E-state index in [4.69, 9.17) is 0 Å². The molecule has 1 saturated carbocycles. The number of amides is 2. The van der Waals surface area contributed by atoms with E-state index in [1.54, 1.807) is 0 Å². The number of hydrogen-bond acceptors (Lipinski definition) is 3. The van der Waals surface area contributed by atoms with Crippen LogP contribution in [0.4, 0.5) is 0 Å². The average Bonchev–Trinajstić information content (AvgIpc) is 2.58. The van der Waals surface area contributed by atoms with E-state index in [-0.39, 0.29) is 5.91 Å².